The zero-order valence-electron chi connectivity index (χ0n) is 12.6. The number of aromatic amines is 1. The van der Waals surface area contributed by atoms with E-state index in [-0.39, 0.29) is 5.97 Å². The molecule has 5 nitrogen and oxygen atoms in total. The Morgan fingerprint density at radius 1 is 1.27 bits per heavy atom. The van der Waals surface area contributed by atoms with Crippen LogP contribution in [0.25, 0.3) is 0 Å². The third kappa shape index (κ3) is 3.03. The first-order valence-corrected chi connectivity index (χ1v) is 7.48. The van der Waals surface area contributed by atoms with Crippen LogP contribution >= 0.6 is 0 Å². The molecule has 0 fully saturated rings. The van der Waals surface area contributed by atoms with Crippen molar-refractivity contribution in [3.63, 3.8) is 0 Å². The van der Waals surface area contributed by atoms with Crippen molar-refractivity contribution in [3.05, 3.63) is 58.9 Å². The fourth-order valence-corrected chi connectivity index (χ4v) is 2.53. The smallest absolute Gasteiger partial charge is 0.339 e. The van der Waals surface area contributed by atoms with Gasteiger partial charge in [0.2, 0.25) is 0 Å². The van der Waals surface area contributed by atoms with E-state index in [1.807, 2.05) is 13.1 Å². The van der Waals surface area contributed by atoms with Crippen LogP contribution in [0.1, 0.15) is 34.0 Å². The fourth-order valence-electron chi connectivity index (χ4n) is 2.53. The molecule has 114 valence electrons. The summed E-state index contributed by atoms with van der Waals surface area (Å²) >= 11 is 0. The lowest BCUT2D eigenvalue weighted by atomic mass is 10.0. The van der Waals surface area contributed by atoms with Gasteiger partial charge in [-0.05, 0) is 24.5 Å². The summed E-state index contributed by atoms with van der Waals surface area (Å²) in [6, 6.07) is 8.26. The molecule has 1 aliphatic rings. The number of hydrogen-bond donors (Lipinski definition) is 2. The van der Waals surface area contributed by atoms with Gasteiger partial charge in [-0.2, -0.15) is 0 Å². The van der Waals surface area contributed by atoms with Crippen molar-refractivity contribution < 1.29 is 9.53 Å². The predicted octanol–water partition coefficient (Wildman–Crippen LogP) is 2.13. The van der Waals surface area contributed by atoms with Gasteiger partial charge < -0.3 is 15.0 Å². The second-order valence-corrected chi connectivity index (χ2v) is 5.15. The summed E-state index contributed by atoms with van der Waals surface area (Å²) in [6.45, 7) is 3.93. The predicted molar refractivity (Wildman–Crippen MR) is 85.4 cm³/mol. The average Bonchev–Trinajstić information content (AvgIpc) is 3.19. The first-order chi connectivity index (χ1) is 10.8. The Morgan fingerprint density at radius 3 is 2.77 bits per heavy atom. The van der Waals surface area contributed by atoms with Gasteiger partial charge in [-0.15, -0.1) is 0 Å². The number of rotatable bonds is 5. The van der Waals surface area contributed by atoms with Gasteiger partial charge in [-0.1, -0.05) is 24.3 Å². The lowest BCUT2D eigenvalue weighted by Gasteiger charge is -2.06. The maximum absolute atomic E-state index is 11.9. The van der Waals surface area contributed by atoms with Crippen molar-refractivity contribution in [1.29, 1.82) is 0 Å². The van der Waals surface area contributed by atoms with E-state index in [1.165, 1.54) is 0 Å². The first kappa shape index (κ1) is 14.4. The van der Waals surface area contributed by atoms with Gasteiger partial charge in [0, 0.05) is 24.5 Å². The number of nitrogens with one attached hydrogen (secondary N) is 2. The van der Waals surface area contributed by atoms with E-state index in [9.17, 15) is 4.79 Å². The molecule has 1 aromatic carbocycles. The third-order valence-electron chi connectivity index (χ3n) is 3.62. The number of nitrogens with zero attached hydrogens (tertiary/aromatic N) is 1. The minimum absolute atomic E-state index is 0.278. The molecular formula is C17H19N3O2. The molecule has 1 aromatic heterocycles. The Kier molecular flexibility index (Phi) is 4.23. The summed E-state index contributed by atoms with van der Waals surface area (Å²) in [7, 11) is 0. The van der Waals surface area contributed by atoms with E-state index in [1.54, 1.807) is 6.20 Å². The van der Waals surface area contributed by atoms with Crippen molar-refractivity contribution in [2.24, 2.45) is 4.99 Å². The highest BCUT2D eigenvalue weighted by molar-refractivity contribution is 5.99. The number of esters is 1. The Bertz CT molecular complexity index is 686. The van der Waals surface area contributed by atoms with Gasteiger partial charge in [-0.3, -0.25) is 4.99 Å². The average molecular weight is 297 g/mol. The molecule has 0 unspecified atom stereocenters. The van der Waals surface area contributed by atoms with E-state index >= 15 is 0 Å². The molecule has 22 heavy (non-hydrogen) atoms. The van der Waals surface area contributed by atoms with Crippen LogP contribution in [0.2, 0.25) is 0 Å². The number of aromatic nitrogens is 1. The summed E-state index contributed by atoms with van der Waals surface area (Å²) in [5.74, 6) is 0.681. The molecule has 0 atom stereocenters. The Hall–Kier alpha value is -2.56. The summed E-state index contributed by atoms with van der Waals surface area (Å²) < 4.78 is 5.07. The van der Waals surface area contributed by atoms with Crippen LogP contribution in [0, 0.1) is 0 Å². The number of amidine groups is 1. The quantitative estimate of drug-likeness (QED) is 0.831. The molecular weight excluding hydrogens is 278 g/mol. The lowest BCUT2D eigenvalue weighted by molar-refractivity contribution is 0.0525. The molecule has 5 heteroatoms. The molecule has 2 heterocycles. The molecule has 1 aliphatic heterocycles. The van der Waals surface area contributed by atoms with Gasteiger partial charge in [-0.25, -0.2) is 4.79 Å². The number of ether oxygens (including phenoxy) is 1. The van der Waals surface area contributed by atoms with Crippen LogP contribution < -0.4 is 5.32 Å². The molecule has 0 saturated carbocycles. The highest BCUT2D eigenvalue weighted by atomic mass is 16.5. The molecule has 2 N–H and O–H groups in total. The number of hydrogen-bond acceptors (Lipinski definition) is 4. The van der Waals surface area contributed by atoms with Gasteiger partial charge in [0.15, 0.2) is 0 Å². The van der Waals surface area contributed by atoms with Crippen LogP contribution in [0.5, 0.6) is 0 Å². The van der Waals surface area contributed by atoms with Gasteiger partial charge in [0.25, 0.3) is 0 Å². The highest BCUT2D eigenvalue weighted by Crippen LogP contribution is 2.16. The fraction of sp³-hybridized carbons (Fsp3) is 0.294. The van der Waals surface area contributed by atoms with E-state index in [0.717, 1.165) is 35.6 Å². The minimum atomic E-state index is -0.278. The molecule has 0 amide bonds. The SMILES string of the molecule is CCOC(=O)c1c[nH]cc1Cc1ccc(C2=NCCN2)cc1. The second-order valence-electron chi connectivity index (χ2n) is 5.15. The largest absolute Gasteiger partial charge is 0.462 e. The maximum Gasteiger partial charge on any atom is 0.339 e. The summed E-state index contributed by atoms with van der Waals surface area (Å²) in [5.41, 5.74) is 3.80. The number of carbonyl (C=O) groups is 1. The van der Waals surface area contributed by atoms with Gasteiger partial charge >= 0.3 is 5.97 Å². The van der Waals surface area contributed by atoms with Gasteiger partial charge in [0.1, 0.15) is 5.84 Å². The zero-order chi connectivity index (χ0) is 15.4. The number of aliphatic imine (C=N–C) groups is 1. The zero-order valence-corrected chi connectivity index (χ0v) is 12.6. The van der Waals surface area contributed by atoms with Gasteiger partial charge in [0.05, 0.1) is 18.7 Å². The molecule has 0 bridgehead atoms. The Morgan fingerprint density at radius 2 is 2.09 bits per heavy atom. The molecule has 2 aromatic rings. The maximum atomic E-state index is 11.9. The normalized spacial score (nSPS) is 13.6. The topological polar surface area (TPSA) is 66.5 Å². The number of H-pyrrole nitrogens is 1. The number of carbonyl (C=O) groups excluding carboxylic acids is 1. The molecule has 0 radical (unpaired) electrons. The summed E-state index contributed by atoms with van der Waals surface area (Å²) in [6.07, 6.45) is 4.24. The Balaban J connectivity index is 1.74. The van der Waals surface area contributed by atoms with E-state index < -0.39 is 0 Å². The van der Waals surface area contributed by atoms with Crippen molar-refractivity contribution in [2.45, 2.75) is 13.3 Å². The van der Waals surface area contributed by atoms with Crippen LogP contribution in [0.4, 0.5) is 0 Å². The minimum Gasteiger partial charge on any atom is -0.462 e. The third-order valence-corrected chi connectivity index (χ3v) is 3.62. The highest BCUT2D eigenvalue weighted by Gasteiger charge is 2.14. The Labute approximate surface area is 129 Å². The van der Waals surface area contributed by atoms with Crippen LogP contribution in [0.15, 0.2) is 41.7 Å². The van der Waals surface area contributed by atoms with Crippen molar-refractivity contribution >= 4 is 11.8 Å². The standard InChI is InChI=1S/C17H19N3O2/c1-2-22-17(21)15-11-18-10-14(15)9-12-3-5-13(6-4-12)16-19-7-8-20-16/h3-6,10-11,18H,2,7-9H2,1H3,(H,19,20). The first-order valence-electron chi connectivity index (χ1n) is 7.48. The van der Waals surface area contributed by atoms with Crippen molar-refractivity contribution in [2.75, 3.05) is 19.7 Å². The summed E-state index contributed by atoms with van der Waals surface area (Å²) in [4.78, 5) is 19.3. The monoisotopic (exact) mass is 297 g/mol. The van der Waals surface area contributed by atoms with Crippen molar-refractivity contribution in [3.8, 4) is 0 Å². The van der Waals surface area contributed by atoms with E-state index in [4.69, 9.17) is 4.74 Å². The van der Waals surface area contributed by atoms with Crippen LogP contribution in [0.3, 0.4) is 0 Å². The van der Waals surface area contributed by atoms with Crippen molar-refractivity contribution in [1.82, 2.24) is 10.3 Å². The number of benzene rings is 1. The lowest BCUT2D eigenvalue weighted by Crippen LogP contribution is -2.19. The molecule has 0 spiro atoms. The molecule has 3 rings (SSSR count). The van der Waals surface area contributed by atoms with Crippen LogP contribution in [-0.2, 0) is 11.2 Å². The van der Waals surface area contributed by atoms with E-state index in [0.29, 0.717) is 18.6 Å². The molecule has 0 saturated heterocycles. The second kappa shape index (κ2) is 6.47. The summed E-state index contributed by atoms with van der Waals surface area (Å²) in [5, 5.41) is 3.26. The van der Waals surface area contributed by atoms with Crippen LogP contribution in [-0.4, -0.2) is 36.5 Å². The molecule has 0 aliphatic carbocycles. The van der Waals surface area contributed by atoms with E-state index in [2.05, 4.69) is 39.6 Å².